The molecule has 0 radical (unpaired) electrons. The Balaban J connectivity index is 1.91. The van der Waals surface area contributed by atoms with E-state index in [4.69, 9.17) is 4.74 Å². The molecule has 2 saturated heterocycles. The minimum atomic E-state index is -3.35. The third kappa shape index (κ3) is 3.91. The van der Waals surface area contributed by atoms with Crippen LogP contribution in [0.2, 0.25) is 0 Å². The zero-order valence-corrected chi connectivity index (χ0v) is 12.7. The number of nitrogens with one attached hydrogen (secondary N) is 1. The first-order valence-corrected chi connectivity index (χ1v) is 8.67. The summed E-state index contributed by atoms with van der Waals surface area (Å²) in [5, 5.41) is 3.12. The quantitative estimate of drug-likeness (QED) is 0.700. The number of hydrogen-bond donors (Lipinski definition) is 1. The van der Waals surface area contributed by atoms with Gasteiger partial charge in [-0.05, 0) is 0 Å². The van der Waals surface area contributed by atoms with Crippen LogP contribution >= 0.6 is 0 Å². The van der Waals surface area contributed by atoms with Gasteiger partial charge in [0.05, 0.1) is 24.9 Å². The molecule has 1 atom stereocenters. The summed E-state index contributed by atoms with van der Waals surface area (Å²) >= 11 is 0. The van der Waals surface area contributed by atoms with Gasteiger partial charge in [-0.2, -0.15) is 4.31 Å². The largest absolute Gasteiger partial charge is 0.378 e. The molecule has 0 bridgehead atoms. The summed E-state index contributed by atoms with van der Waals surface area (Å²) in [7, 11) is -3.35. The van der Waals surface area contributed by atoms with Crippen LogP contribution in [0.25, 0.3) is 0 Å². The summed E-state index contributed by atoms with van der Waals surface area (Å²) in [6, 6.07) is 0. The van der Waals surface area contributed by atoms with Crippen LogP contribution in [-0.2, 0) is 19.6 Å². The third-order valence-electron chi connectivity index (χ3n) is 3.67. The first-order valence-electron chi connectivity index (χ1n) is 7.06. The van der Waals surface area contributed by atoms with Crippen molar-refractivity contribution in [3.05, 3.63) is 0 Å². The predicted molar refractivity (Wildman–Crippen MR) is 74.8 cm³/mol. The Hall–Kier alpha value is -0.700. The van der Waals surface area contributed by atoms with E-state index < -0.39 is 15.9 Å². The topological polar surface area (TPSA) is 79.0 Å². The molecule has 1 N–H and O–H groups in total. The molecular formula is C12H23N3O4S. The second-order valence-corrected chi connectivity index (χ2v) is 7.28. The maximum atomic E-state index is 12.3. The van der Waals surface area contributed by atoms with Crippen molar-refractivity contribution in [2.45, 2.75) is 6.92 Å². The highest BCUT2D eigenvalue weighted by atomic mass is 32.2. The van der Waals surface area contributed by atoms with Crippen LogP contribution in [0.1, 0.15) is 6.92 Å². The Morgan fingerprint density at radius 1 is 1.20 bits per heavy atom. The zero-order chi connectivity index (χ0) is 14.6. The van der Waals surface area contributed by atoms with E-state index in [2.05, 4.69) is 5.32 Å². The Bertz CT molecular complexity index is 428. The fourth-order valence-electron chi connectivity index (χ4n) is 2.51. The number of ether oxygens (including phenoxy) is 1. The number of morpholine rings is 1. The normalized spacial score (nSPS) is 23.6. The Kier molecular flexibility index (Phi) is 5.36. The van der Waals surface area contributed by atoms with Crippen molar-refractivity contribution in [2.75, 3.05) is 58.2 Å². The molecule has 7 nitrogen and oxygen atoms in total. The summed E-state index contributed by atoms with van der Waals surface area (Å²) in [5.74, 6) is -0.705. The van der Waals surface area contributed by atoms with Crippen molar-refractivity contribution in [1.82, 2.24) is 14.5 Å². The van der Waals surface area contributed by atoms with E-state index in [1.165, 1.54) is 4.31 Å². The van der Waals surface area contributed by atoms with Gasteiger partial charge in [0.15, 0.2) is 0 Å². The average molecular weight is 305 g/mol. The fraction of sp³-hybridized carbons (Fsp3) is 0.917. The van der Waals surface area contributed by atoms with E-state index >= 15 is 0 Å². The monoisotopic (exact) mass is 305 g/mol. The molecule has 1 amide bonds. The first-order chi connectivity index (χ1) is 9.50. The molecule has 0 aromatic carbocycles. The average Bonchev–Trinajstić information content (AvgIpc) is 2.48. The summed E-state index contributed by atoms with van der Waals surface area (Å²) in [5.41, 5.74) is 0. The summed E-state index contributed by atoms with van der Waals surface area (Å²) in [6.45, 7) is 6.18. The molecule has 8 heteroatoms. The molecule has 2 aliphatic heterocycles. The highest BCUT2D eigenvalue weighted by Gasteiger charge is 2.30. The van der Waals surface area contributed by atoms with Crippen LogP contribution in [0.3, 0.4) is 0 Å². The van der Waals surface area contributed by atoms with Gasteiger partial charge < -0.3 is 15.0 Å². The second-order valence-electron chi connectivity index (χ2n) is 5.27. The molecule has 116 valence electrons. The van der Waals surface area contributed by atoms with Crippen molar-refractivity contribution in [3.63, 3.8) is 0 Å². The lowest BCUT2D eigenvalue weighted by Gasteiger charge is -2.31. The van der Waals surface area contributed by atoms with Crippen LogP contribution in [0.5, 0.6) is 0 Å². The molecule has 2 rings (SSSR count). The number of carbonyl (C=O) groups excluding carboxylic acids is 1. The third-order valence-corrected chi connectivity index (χ3v) is 5.75. The highest BCUT2D eigenvalue weighted by molar-refractivity contribution is 7.89. The van der Waals surface area contributed by atoms with Crippen molar-refractivity contribution in [2.24, 2.45) is 5.92 Å². The summed E-state index contributed by atoms with van der Waals surface area (Å²) in [4.78, 5) is 13.9. The van der Waals surface area contributed by atoms with Gasteiger partial charge in [-0.1, -0.05) is 6.92 Å². The van der Waals surface area contributed by atoms with Gasteiger partial charge in [0, 0.05) is 39.3 Å². The highest BCUT2D eigenvalue weighted by Crippen LogP contribution is 2.12. The smallest absolute Gasteiger partial charge is 0.226 e. The Morgan fingerprint density at radius 3 is 2.40 bits per heavy atom. The molecule has 0 aliphatic carbocycles. The number of piperazine rings is 1. The number of sulfonamides is 1. The minimum absolute atomic E-state index is 0.0907. The van der Waals surface area contributed by atoms with Crippen LogP contribution in [0.15, 0.2) is 0 Å². The first kappa shape index (κ1) is 15.7. The number of carbonyl (C=O) groups is 1. The lowest BCUT2D eigenvalue weighted by atomic mass is 10.2. The summed E-state index contributed by atoms with van der Waals surface area (Å²) < 4.78 is 31.2. The van der Waals surface area contributed by atoms with E-state index in [9.17, 15) is 13.2 Å². The standard InChI is InChI=1S/C12H23N3O4S/c1-11(12(16)14-6-8-19-9-7-14)10-20(17,18)15-4-2-13-3-5-15/h11,13H,2-10H2,1H3. The molecule has 0 aromatic rings. The molecule has 1 unspecified atom stereocenters. The van der Waals surface area contributed by atoms with E-state index in [0.29, 0.717) is 52.5 Å². The van der Waals surface area contributed by atoms with Crippen molar-refractivity contribution in [3.8, 4) is 0 Å². The van der Waals surface area contributed by atoms with Crippen LogP contribution < -0.4 is 5.32 Å². The van der Waals surface area contributed by atoms with Gasteiger partial charge in [-0.25, -0.2) is 8.42 Å². The van der Waals surface area contributed by atoms with Crippen molar-refractivity contribution in [1.29, 1.82) is 0 Å². The molecule has 2 fully saturated rings. The van der Waals surface area contributed by atoms with Gasteiger partial charge >= 0.3 is 0 Å². The lowest BCUT2D eigenvalue weighted by Crippen LogP contribution is -2.49. The molecular weight excluding hydrogens is 282 g/mol. The number of nitrogens with zero attached hydrogens (tertiary/aromatic N) is 2. The van der Waals surface area contributed by atoms with Gasteiger partial charge in [0.1, 0.15) is 0 Å². The number of hydrogen-bond acceptors (Lipinski definition) is 5. The van der Waals surface area contributed by atoms with Gasteiger partial charge in [-0.3, -0.25) is 4.79 Å². The molecule has 2 heterocycles. The van der Waals surface area contributed by atoms with Crippen molar-refractivity contribution < 1.29 is 17.9 Å². The van der Waals surface area contributed by atoms with Gasteiger partial charge in [-0.15, -0.1) is 0 Å². The molecule has 2 aliphatic rings. The SMILES string of the molecule is CC(CS(=O)(=O)N1CCNCC1)C(=O)N1CCOCC1. The molecule has 0 spiro atoms. The maximum Gasteiger partial charge on any atom is 0.226 e. The van der Waals surface area contributed by atoms with E-state index in [1.54, 1.807) is 11.8 Å². The molecule has 0 saturated carbocycles. The van der Waals surface area contributed by atoms with E-state index in [0.717, 1.165) is 0 Å². The Morgan fingerprint density at radius 2 is 1.80 bits per heavy atom. The molecule has 20 heavy (non-hydrogen) atoms. The van der Waals surface area contributed by atoms with Gasteiger partial charge in [0.25, 0.3) is 0 Å². The summed E-state index contributed by atoms with van der Waals surface area (Å²) in [6.07, 6.45) is 0. The zero-order valence-electron chi connectivity index (χ0n) is 11.9. The second kappa shape index (κ2) is 6.84. The number of rotatable bonds is 4. The predicted octanol–water partition coefficient (Wildman–Crippen LogP) is -1.28. The van der Waals surface area contributed by atoms with Crippen LogP contribution in [0, 0.1) is 5.92 Å². The minimum Gasteiger partial charge on any atom is -0.378 e. The van der Waals surface area contributed by atoms with Gasteiger partial charge in [0.2, 0.25) is 15.9 Å². The fourth-order valence-corrected chi connectivity index (χ4v) is 4.23. The van der Waals surface area contributed by atoms with Crippen molar-refractivity contribution >= 4 is 15.9 Å². The Labute approximate surface area is 120 Å². The van der Waals surface area contributed by atoms with E-state index in [1.807, 2.05) is 0 Å². The van der Waals surface area contributed by atoms with Crippen LogP contribution in [0.4, 0.5) is 0 Å². The van der Waals surface area contributed by atoms with E-state index in [-0.39, 0.29) is 11.7 Å². The maximum absolute atomic E-state index is 12.3. The van der Waals surface area contributed by atoms with Crippen LogP contribution in [-0.4, -0.2) is 81.8 Å². The number of amides is 1. The lowest BCUT2D eigenvalue weighted by molar-refractivity contribution is -0.138. The molecule has 0 aromatic heterocycles.